The van der Waals surface area contributed by atoms with Crippen molar-refractivity contribution in [2.24, 2.45) is 0 Å². The zero-order chi connectivity index (χ0) is 28.7. The van der Waals surface area contributed by atoms with E-state index in [-0.39, 0.29) is 22.7 Å². The Balaban J connectivity index is 1.50. The molecular formula is C28H23N3O7S2. The van der Waals surface area contributed by atoms with Crippen molar-refractivity contribution in [2.45, 2.75) is 9.79 Å². The topological polar surface area (TPSA) is 136 Å². The average molecular weight is 578 g/mol. The number of carbonyl (C=O) groups excluding carboxylic acids is 2. The van der Waals surface area contributed by atoms with E-state index in [2.05, 4.69) is 5.32 Å². The number of esters is 1. The molecule has 4 aromatic carbocycles. The number of nitrogens with one attached hydrogen (secondary N) is 1. The summed E-state index contributed by atoms with van der Waals surface area (Å²) in [5.41, 5.74) is 0.470. The Kier molecular flexibility index (Phi) is 8.82. The van der Waals surface area contributed by atoms with Crippen LogP contribution in [-0.2, 0) is 14.8 Å². The van der Waals surface area contributed by atoms with Crippen molar-refractivity contribution < 1.29 is 27.7 Å². The van der Waals surface area contributed by atoms with Crippen LogP contribution in [-0.4, -0.2) is 38.0 Å². The third-order valence-electron chi connectivity index (χ3n) is 5.45. The summed E-state index contributed by atoms with van der Waals surface area (Å²) in [7, 11) is -3.93. The highest BCUT2D eigenvalue weighted by Gasteiger charge is 2.23. The van der Waals surface area contributed by atoms with Crippen molar-refractivity contribution >= 4 is 50.7 Å². The zero-order valence-electron chi connectivity index (χ0n) is 21.1. The third kappa shape index (κ3) is 7.46. The maximum absolute atomic E-state index is 13.0. The Hall–Kier alpha value is -4.68. The van der Waals surface area contributed by atoms with Crippen LogP contribution in [0.1, 0.15) is 10.4 Å². The van der Waals surface area contributed by atoms with E-state index in [0.29, 0.717) is 5.69 Å². The summed E-state index contributed by atoms with van der Waals surface area (Å²) in [4.78, 5) is 37.7. The van der Waals surface area contributed by atoms with Gasteiger partial charge in [-0.1, -0.05) is 48.2 Å². The molecule has 0 aliphatic rings. The standard InChI is InChI=1S/C28H23N3O7S2/c1-40(36,37)30(19-27(32)29-25-12-5-6-13-26(25)39-24-10-3-2-4-11-24)22-9-7-8-20(18-22)28(33)38-23-16-14-21(15-17-23)31(34)35/h2-18H,19H2,1H3,(H,29,32). The van der Waals surface area contributed by atoms with Gasteiger partial charge in [-0.15, -0.1) is 0 Å². The largest absolute Gasteiger partial charge is 0.423 e. The molecule has 0 radical (unpaired) electrons. The van der Waals surface area contributed by atoms with Crippen LogP contribution in [0.5, 0.6) is 5.75 Å². The van der Waals surface area contributed by atoms with Crippen LogP contribution in [0, 0.1) is 10.1 Å². The molecule has 40 heavy (non-hydrogen) atoms. The first-order chi connectivity index (χ1) is 19.1. The molecule has 0 aromatic heterocycles. The molecule has 0 fully saturated rings. The summed E-state index contributed by atoms with van der Waals surface area (Å²) in [6, 6.07) is 27.3. The molecular weight excluding hydrogens is 554 g/mol. The molecule has 0 unspecified atom stereocenters. The molecule has 10 nitrogen and oxygen atoms in total. The minimum Gasteiger partial charge on any atom is -0.423 e. The zero-order valence-corrected chi connectivity index (χ0v) is 22.7. The number of sulfonamides is 1. The number of para-hydroxylation sites is 1. The van der Waals surface area contributed by atoms with Crippen LogP contribution >= 0.6 is 11.8 Å². The Morgan fingerprint density at radius 3 is 2.27 bits per heavy atom. The monoisotopic (exact) mass is 577 g/mol. The van der Waals surface area contributed by atoms with E-state index >= 15 is 0 Å². The van der Waals surface area contributed by atoms with Gasteiger partial charge in [0.25, 0.3) is 5.69 Å². The van der Waals surface area contributed by atoms with Gasteiger partial charge in [-0.2, -0.15) is 0 Å². The van der Waals surface area contributed by atoms with Gasteiger partial charge in [0, 0.05) is 21.9 Å². The Morgan fingerprint density at radius 1 is 0.925 bits per heavy atom. The lowest BCUT2D eigenvalue weighted by atomic mass is 10.2. The number of nitro groups is 1. The van der Waals surface area contributed by atoms with E-state index in [0.717, 1.165) is 20.4 Å². The van der Waals surface area contributed by atoms with E-state index in [1.807, 2.05) is 42.5 Å². The van der Waals surface area contributed by atoms with Gasteiger partial charge in [-0.25, -0.2) is 13.2 Å². The third-order valence-corrected chi connectivity index (χ3v) is 7.67. The molecule has 0 saturated heterocycles. The maximum atomic E-state index is 13.0. The van der Waals surface area contributed by atoms with E-state index < -0.39 is 33.4 Å². The van der Waals surface area contributed by atoms with Crippen molar-refractivity contribution in [3.63, 3.8) is 0 Å². The predicted molar refractivity (Wildman–Crippen MR) is 152 cm³/mol. The highest BCUT2D eigenvalue weighted by molar-refractivity contribution is 7.99. The predicted octanol–water partition coefficient (Wildman–Crippen LogP) is 5.37. The number of nitro benzene ring substituents is 1. The van der Waals surface area contributed by atoms with Gasteiger partial charge in [-0.05, 0) is 54.6 Å². The second kappa shape index (κ2) is 12.5. The summed E-state index contributed by atoms with van der Waals surface area (Å²) in [6.45, 7) is -0.538. The van der Waals surface area contributed by atoms with Crippen molar-refractivity contribution in [3.8, 4) is 5.75 Å². The van der Waals surface area contributed by atoms with Gasteiger partial charge < -0.3 is 10.1 Å². The summed E-state index contributed by atoms with van der Waals surface area (Å²) < 4.78 is 31.5. The number of amides is 1. The van der Waals surface area contributed by atoms with Gasteiger partial charge in [-0.3, -0.25) is 19.2 Å². The Labute approximate surface area is 234 Å². The molecule has 1 amide bonds. The minimum atomic E-state index is -3.93. The number of rotatable bonds is 10. The summed E-state index contributed by atoms with van der Waals surface area (Å²) in [5, 5.41) is 13.6. The SMILES string of the molecule is CS(=O)(=O)N(CC(=O)Nc1ccccc1Sc1ccccc1)c1cccc(C(=O)Oc2ccc([N+](=O)[O-])cc2)c1. The van der Waals surface area contributed by atoms with Crippen LogP contribution in [0.15, 0.2) is 113 Å². The van der Waals surface area contributed by atoms with Gasteiger partial charge in [0.05, 0.1) is 28.1 Å². The van der Waals surface area contributed by atoms with Crippen molar-refractivity contribution in [3.05, 3.63) is 119 Å². The first-order valence-corrected chi connectivity index (χ1v) is 14.4. The fraction of sp³-hybridized carbons (Fsp3) is 0.0714. The molecule has 0 aliphatic heterocycles. The number of anilines is 2. The summed E-state index contributed by atoms with van der Waals surface area (Å²) >= 11 is 1.45. The quantitative estimate of drug-likeness (QED) is 0.115. The van der Waals surface area contributed by atoms with Crippen molar-refractivity contribution in [2.75, 3.05) is 22.4 Å². The maximum Gasteiger partial charge on any atom is 0.343 e. The van der Waals surface area contributed by atoms with E-state index in [1.165, 1.54) is 60.3 Å². The van der Waals surface area contributed by atoms with Gasteiger partial charge in [0.15, 0.2) is 0 Å². The number of nitrogens with zero attached hydrogens (tertiary/aromatic N) is 2. The lowest BCUT2D eigenvalue weighted by Gasteiger charge is -2.22. The molecule has 0 atom stereocenters. The van der Waals surface area contributed by atoms with Crippen LogP contribution < -0.4 is 14.4 Å². The summed E-state index contributed by atoms with van der Waals surface area (Å²) in [6.07, 6.45) is 0.960. The lowest BCUT2D eigenvalue weighted by molar-refractivity contribution is -0.384. The number of non-ortho nitro benzene ring substituents is 1. The molecule has 0 spiro atoms. The normalized spacial score (nSPS) is 10.9. The highest BCUT2D eigenvalue weighted by atomic mass is 32.2. The van der Waals surface area contributed by atoms with Crippen LogP contribution in [0.4, 0.5) is 17.1 Å². The van der Waals surface area contributed by atoms with Crippen molar-refractivity contribution in [1.82, 2.24) is 0 Å². The van der Waals surface area contributed by atoms with E-state index in [9.17, 15) is 28.1 Å². The number of hydrogen-bond donors (Lipinski definition) is 1. The lowest BCUT2D eigenvalue weighted by Crippen LogP contribution is -2.37. The molecule has 204 valence electrons. The fourth-order valence-corrected chi connectivity index (χ4v) is 5.36. The molecule has 4 aromatic rings. The van der Waals surface area contributed by atoms with Crippen LogP contribution in [0.25, 0.3) is 0 Å². The number of carbonyl (C=O) groups is 2. The van der Waals surface area contributed by atoms with Crippen LogP contribution in [0.2, 0.25) is 0 Å². The molecule has 0 bridgehead atoms. The fourth-order valence-electron chi connectivity index (χ4n) is 3.58. The molecule has 0 saturated carbocycles. The molecule has 0 aliphatic carbocycles. The Morgan fingerprint density at radius 2 is 1.60 bits per heavy atom. The molecule has 4 rings (SSSR count). The van der Waals surface area contributed by atoms with Gasteiger partial charge in [0.2, 0.25) is 15.9 Å². The summed E-state index contributed by atoms with van der Waals surface area (Å²) in [5.74, 6) is -1.31. The molecule has 0 heterocycles. The highest BCUT2D eigenvalue weighted by Crippen LogP contribution is 2.33. The van der Waals surface area contributed by atoms with Crippen LogP contribution in [0.3, 0.4) is 0 Å². The van der Waals surface area contributed by atoms with Gasteiger partial charge >= 0.3 is 5.97 Å². The number of ether oxygens (including phenoxy) is 1. The second-order valence-electron chi connectivity index (χ2n) is 8.42. The molecule has 1 N–H and O–H groups in total. The van der Waals surface area contributed by atoms with Gasteiger partial charge in [0.1, 0.15) is 12.3 Å². The number of hydrogen-bond acceptors (Lipinski definition) is 8. The van der Waals surface area contributed by atoms with Crippen molar-refractivity contribution in [1.29, 1.82) is 0 Å². The number of benzene rings is 4. The minimum absolute atomic E-state index is 0.0227. The smallest absolute Gasteiger partial charge is 0.343 e. The van der Waals surface area contributed by atoms with E-state index in [1.54, 1.807) is 12.1 Å². The Bertz CT molecular complexity index is 1640. The van der Waals surface area contributed by atoms with E-state index in [4.69, 9.17) is 4.74 Å². The average Bonchev–Trinajstić information content (AvgIpc) is 2.93. The second-order valence-corrected chi connectivity index (χ2v) is 11.4. The first kappa shape index (κ1) is 28.3. The molecule has 12 heteroatoms. The first-order valence-electron chi connectivity index (χ1n) is 11.8.